The first-order valence-corrected chi connectivity index (χ1v) is 4.98. The van der Waals surface area contributed by atoms with E-state index in [1.165, 1.54) is 0 Å². The average Bonchev–Trinajstić information content (AvgIpc) is 2.17. The molecule has 3 nitrogen and oxygen atoms in total. The second-order valence-electron chi connectivity index (χ2n) is 4.62. The van der Waals surface area contributed by atoms with E-state index in [2.05, 4.69) is 0 Å². The van der Waals surface area contributed by atoms with Crippen molar-refractivity contribution in [2.45, 2.75) is 27.1 Å². The summed E-state index contributed by atoms with van der Waals surface area (Å²) in [5.74, 6) is 0. The third-order valence-corrected chi connectivity index (χ3v) is 2.08. The standard InChI is InChI=1S/C11H17BO3/c1-11(2,3)10(13)15-12(14)9-7-5-4-6-8-9/h4-8,10,13-14H,1-3H3. The van der Waals surface area contributed by atoms with E-state index in [1.807, 2.05) is 39.0 Å². The summed E-state index contributed by atoms with van der Waals surface area (Å²) in [6.45, 7) is 5.53. The zero-order valence-corrected chi connectivity index (χ0v) is 9.34. The summed E-state index contributed by atoms with van der Waals surface area (Å²) in [5, 5.41) is 19.3. The van der Waals surface area contributed by atoms with Gasteiger partial charge in [0.1, 0.15) is 6.29 Å². The molecule has 2 N–H and O–H groups in total. The van der Waals surface area contributed by atoms with Crippen LogP contribution in [-0.4, -0.2) is 23.5 Å². The fraction of sp³-hybridized carbons (Fsp3) is 0.455. The molecule has 0 aliphatic carbocycles. The summed E-state index contributed by atoms with van der Waals surface area (Å²) >= 11 is 0. The van der Waals surface area contributed by atoms with Crippen molar-refractivity contribution in [3.05, 3.63) is 30.3 Å². The van der Waals surface area contributed by atoms with Crippen molar-refractivity contribution >= 4 is 12.6 Å². The summed E-state index contributed by atoms with van der Waals surface area (Å²) in [7, 11) is -1.08. The number of benzene rings is 1. The Morgan fingerprint density at radius 3 is 2.20 bits per heavy atom. The van der Waals surface area contributed by atoms with Gasteiger partial charge in [0.05, 0.1) is 0 Å². The van der Waals surface area contributed by atoms with Gasteiger partial charge in [0.15, 0.2) is 0 Å². The second-order valence-corrected chi connectivity index (χ2v) is 4.62. The van der Waals surface area contributed by atoms with Crippen LogP contribution in [0, 0.1) is 5.41 Å². The fourth-order valence-corrected chi connectivity index (χ4v) is 1.02. The number of rotatable bonds is 3. The molecule has 1 aromatic rings. The highest BCUT2D eigenvalue weighted by Crippen LogP contribution is 2.19. The average molecular weight is 208 g/mol. The smallest absolute Gasteiger partial charge is 0.423 e. The third-order valence-electron chi connectivity index (χ3n) is 2.08. The molecule has 0 amide bonds. The van der Waals surface area contributed by atoms with Crippen LogP contribution >= 0.6 is 0 Å². The molecule has 1 atom stereocenters. The lowest BCUT2D eigenvalue weighted by Gasteiger charge is -2.27. The van der Waals surface area contributed by atoms with Crippen molar-refractivity contribution in [3.8, 4) is 0 Å². The molecule has 82 valence electrons. The van der Waals surface area contributed by atoms with E-state index in [1.54, 1.807) is 12.1 Å². The van der Waals surface area contributed by atoms with Gasteiger partial charge in [-0.25, -0.2) is 0 Å². The third kappa shape index (κ3) is 3.66. The molecule has 0 aromatic heterocycles. The van der Waals surface area contributed by atoms with E-state index < -0.39 is 18.8 Å². The molecule has 0 fully saturated rings. The van der Waals surface area contributed by atoms with Crippen LogP contribution in [0.25, 0.3) is 0 Å². The van der Waals surface area contributed by atoms with Gasteiger partial charge in [-0.2, -0.15) is 0 Å². The van der Waals surface area contributed by atoms with Crippen molar-refractivity contribution < 1.29 is 14.8 Å². The van der Waals surface area contributed by atoms with Crippen molar-refractivity contribution in [3.63, 3.8) is 0 Å². The van der Waals surface area contributed by atoms with E-state index in [-0.39, 0.29) is 0 Å². The van der Waals surface area contributed by atoms with Gasteiger partial charge in [-0.05, 0) is 5.46 Å². The van der Waals surface area contributed by atoms with Crippen molar-refractivity contribution in [1.29, 1.82) is 0 Å². The summed E-state index contributed by atoms with van der Waals surface area (Å²) in [5.41, 5.74) is 0.233. The molecule has 15 heavy (non-hydrogen) atoms. The van der Waals surface area contributed by atoms with E-state index in [0.29, 0.717) is 5.46 Å². The molecule has 1 rings (SSSR count). The zero-order chi connectivity index (χ0) is 11.5. The van der Waals surface area contributed by atoms with Crippen LogP contribution in [0.1, 0.15) is 20.8 Å². The SMILES string of the molecule is CC(C)(C)C(O)OB(O)c1ccccc1. The van der Waals surface area contributed by atoms with Gasteiger partial charge in [0.2, 0.25) is 0 Å². The molecule has 0 bridgehead atoms. The molecular formula is C11H17BO3. The Kier molecular flexibility index (Phi) is 3.91. The molecule has 0 radical (unpaired) electrons. The Morgan fingerprint density at radius 2 is 1.73 bits per heavy atom. The van der Waals surface area contributed by atoms with E-state index in [0.717, 1.165) is 0 Å². The molecule has 1 aromatic carbocycles. The van der Waals surface area contributed by atoms with E-state index in [9.17, 15) is 10.1 Å². The number of aliphatic hydroxyl groups excluding tert-OH is 1. The van der Waals surface area contributed by atoms with Crippen LogP contribution in [-0.2, 0) is 4.65 Å². The molecule has 0 saturated carbocycles. The number of hydrogen-bond donors (Lipinski definition) is 2. The quantitative estimate of drug-likeness (QED) is 0.569. The van der Waals surface area contributed by atoms with Crippen LogP contribution < -0.4 is 5.46 Å². The molecule has 0 aliphatic heterocycles. The fourth-order valence-electron chi connectivity index (χ4n) is 1.02. The first-order valence-electron chi connectivity index (χ1n) is 4.98. The van der Waals surface area contributed by atoms with Gasteiger partial charge in [0, 0.05) is 5.41 Å². The maximum atomic E-state index is 9.67. The minimum absolute atomic E-state index is 0.407. The van der Waals surface area contributed by atoms with Crippen molar-refractivity contribution in [2.24, 2.45) is 5.41 Å². The van der Waals surface area contributed by atoms with Gasteiger partial charge in [0.25, 0.3) is 0 Å². The number of aliphatic hydroxyl groups is 1. The van der Waals surface area contributed by atoms with Crippen LogP contribution in [0.15, 0.2) is 30.3 Å². The highest BCUT2D eigenvalue weighted by atomic mass is 16.6. The van der Waals surface area contributed by atoms with E-state index >= 15 is 0 Å². The summed E-state index contributed by atoms with van der Waals surface area (Å²) in [6.07, 6.45) is -0.993. The maximum absolute atomic E-state index is 9.67. The maximum Gasteiger partial charge on any atom is 0.493 e. The Hall–Kier alpha value is -0.835. The van der Waals surface area contributed by atoms with Gasteiger partial charge >= 0.3 is 7.12 Å². The van der Waals surface area contributed by atoms with Crippen LogP contribution in [0.5, 0.6) is 0 Å². The minimum Gasteiger partial charge on any atom is -0.423 e. The molecule has 0 aliphatic rings. The predicted octanol–water partition coefficient (Wildman–Crippen LogP) is 0.755. The molecule has 1 unspecified atom stereocenters. The molecule has 4 heteroatoms. The predicted molar refractivity (Wildman–Crippen MR) is 60.6 cm³/mol. The van der Waals surface area contributed by atoms with Gasteiger partial charge in [-0.15, -0.1) is 0 Å². The Morgan fingerprint density at radius 1 is 1.20 bits per heavy atom. The van der Waals surface area contributed by atoms with Gasteiger partial charge < -0.3 is 14.8 Å². The molecule has 0 saturated heterocycles. The van der Waals surface area contributed by atoms with Crippen molar-refractivity contribution in [1.82, 2.24) is 0 Å². The Balaban J connectivity index is 2.61. The number of hydrogen-bond acceptors (Lipinski definition) is 3. The van der Waals surface area contributed by atoms with Crippen molar-refractivity contribution in [2.75, 3.05) is 0 Å². The Labute approximate surface area is 90.9 Å². The topological polar surface area (TPSA) is 49.7 Å². The summed E-state index contributed by atoms with van der Waals surface area (Å²) < 4.78 is 5.11. The molecule has 0 heterocycles. The first-order chi connectivity index (χ1) is 6.91. The van der Waals surface area contributed by atoms with E-state index in [4.69, 9.17) is 4.65 Å². The monoisotopic (exact) mass is 208 g/mol. The van der Waals surface area contributed by atoms with Crippen LogP contribution in [0.2, 0.25) is 0 Å². The first kappa shape index (κ1) is 12.2. The summed E-state index contributed by atoms with van der Waals surface area (Å²) in [6, 6.07) is 8.98. The highest BCUT2D eigenvalue weighted by molar-refractivity contribution is 6.59. The second kappa shape index (κ2) is 4.79. The molecular weight excluding hydrogens is 191 g/mol. The lowest BCUT2D eigenvalue weighted by molar-refractivity contribution is -0.102. The lowest BCUT2D eigenvalue weighted by Crippen LogP contribution is -2.41. The Bertz CT molecular complexity index is 294. The lowest BCUT2D eigenvalue weighted by atomic mass is 9.79. The van der Waals surface area contributed by atoms with Gasteiger partial charge in [-0.3, -0.25) is 0 Å². The summed E-state index contributed by atoms with van der Waals surface area (Å²) in [4.78, 5) is 0. The highest BCUT2D eigenvalue weighted by Gasteiger charge is 2.28. The van der Waals surface area contributed by atoms with Gasteiger partial charge in [-0.1, -0.05) is 51.1 Å². The largest absolute Gasteiger partial charge is 0.493 e. The minimum atomic E-state index is -1.08. The molecule has 0 spiro atoms. The van der Waals surface area contributed by atoms with Crippen LogP contribution in [0.3, 0.4) is 0 Å². The normalized spacial score (nSPS) is 13.7. The van der Waals surface area contributed by atoms with Crippen LogP contribution in [0.4, 0.5) is 0 Å². The zero-order valence-electron chi connectivity index (χ0n) is 9.34.